The van der Waals surface area contributed by atoms with E-state index < -0.39 is 4.92 Å². The average Bonchev–Trinajstić information content (AvgIpc) is 3.15. The second-order valence-corrected chi connectivity index (χ2v) is 5.99. The SMILES string of the molecule is Cc1cccc(Cn2cc(NC(=O)Cn3ncc([N+](=O)[O-])c3C)cn2)c1. The van der Waals surface area contributed by atoms with Crippen LogP contribution in [0, 0.1) is 24.0 Å². The number of benzene rings is 1. The number of nitrogens with one attached hydrogen (secondary N) is 1. The topological polar surface area (TPSA) is 108 Å². The van der Waals surface area contributed by atoms with Crippen molar-refractivity contribution in [3.8, 4) is 0 Å². The van der Waals surface area contributed by atoms with Crippen LogP contribution in [0.3, 0.4) is 0 Å². The average molecular weight is 354 g/mol. The van der Waals surface area contributed by atoms with Crippen LogP contribution in [0.4, 0.5) is 11.4 Å². The first-order valence-corrected chi connectivity index (χ1v) is 7.97. The minimum atomic E-state index is -0.522. The number of nitrogens with zero attached hydrogens (tertiary/aromatic N) is 5. The number of anilines is 1. The van der Waals surface area contributed by atoms with Crippen LogP contribution in [0.2, 0.25) is 0 Å². The molecule has 0 fully saturated rings. The van der Waals surface area contributed by atoms with Gasteiger partial charge in [0.2, 0.25) is 5.91 Å². The molecule has 3 rings (SSSR count). The molecular weight excluding hydrogens is 336 g/mol. The van der Waals surface area contributed by atoms with Crippen LogP contribution in [0.5, 0.6) is 0 Å². The number of aryl methyl sites for hydroxylation is 1. The van der Waals surface area contributed by atoms with Crippen molar-refractivity contribution in [3.63, 3.8) is 0 Å². The van der Waals surface area contributed by atoms with Crippen molar-refractivity contribution in [2.75, 3.05) is 5.32 Å². The molecule has 0 aliphatic rings. The highest BCUT2D eigenvalue weighted by Crippen LogP contribution is 2.16. The minimum absolute atomic E-state index is 0.108. The molecule has 1 amide bonds. The van der Waals surface area contributed by atoms with E-state index in [9.17, 15) is 14.9 Å². The van der Waals surface area contributed by atoms with Gasteiger partial charge in [-0.25, -0.2) is 0 Å². The van der Waals surface area contributed by atoms with Crippen LogP contribution in [0.1, 0.15) is 16.8 Å². The van der Waals surface area contributed by atoms with Gasteiger partial charge in [0.05, 0.1) is 23.4 Å². The van der Waals surface area contributed by atoms with Crippen molar-refractivity contribution in [1.82, 2.24) is 19.6 Å². The standard InChI is InChI=1S/C17H18N6O3/c1-12-4-3-5-14(6-12)9-21-10-15(7-18-21)20-17(24)11-22-13(2)16(8-19-22)23(25)26/h3-8,10H,9,11H2,1-2H3,(H,20,24). The van der Waals surface area contributed by atoms with Crippen molar-refractivity contribution >= 4 is 17.3 Å². The van der Waals surface area contributed by atoms with Gasteiger partial charge in [-0.1, -0.05) is 29.8 Å². The third kappa shape index (κ3) is 3.94. The van der Waals surface area contributed by atoms with Gasteiger partial charge in [0, 0.05) is 6.20 Å². The summed E-state index contributed by atoms with van der Waals surface area (Å²) in [4.78, 5) is 22.5. The van der Waals surface area contributed by atoms with Crippen LogP contribution < -0.4 is 5.32 Å². The lowest BCUT2D eigenvalue weighted by molar-refractivity contribution is -0.385. The first-order valence-electron chi connectivity index (χ1n) is 7.97. The molecule has 0 aliphatic heterocycles. The Labute approximate surface area is 149 Å². The third-order valence-electron chi connectivity index (χ3n) is 3.91. The second-order valence-electron chi connectivity index (χ2n) is 5.99. The van der Waals surface area contributed by atoms with E-state index >= 15 is 0 Å². The van der Waals surface area contributed by atoms with Gasteiger partial charge >= 0.3 is 5.69 Å². The molecule has 0 saturated heterocycles. The van der Waals surface area contributed by atoms with Crippen molar-refractivity contribution in [3.05, 3.63) is 69.8 Å². The van der Waals surface area contributed by atoms with E-state index in [-0.39, 0.29) is 18.1 Å². The molecule has 0 saturated carbocycles. The Hall–Kier alpha value is -3.49. The number of aromatic nitrogens is 4. The molecule has 2 aromatic heterocycles. The lowest BCUT2D eigenvalue weighted by Crippen LogP contribution is -2.20. The summed E-state index contributed by atoms with van der Waals surface area (Å²) in [5.74, 6) is -0.332. The monoisotopic (exact) mass is 354 g/mol. The summed E-state index contributed by atoms with van der Waals surface area (Å²) in [5.41, 5.74) is 3.07. The van der Waals surface area contributed by atoms with Gasteiger partial charge in [0.15, 0.2) is 0 Å². The first kappa shape index (κ1) is 17.3. The van der Waals surface area contributed by atoms with E-state index in [2.05, 4.69) is 21.6 Å². The number of hydrogen-bond donors (Lipinski definition) is 1. The summed E-state index contributed by atoms with van der Waals surface area (Å²) in [6.07, 6.45) is 4.44. The highest BCUT2D eigenvalue weighted by molar-refractivity contribution is 5.90. The summed E-state index contributed by atoms with van der Waals surface area (Å²) in [5, 5.41) is 21.7. The molecule has 0 unspecified atom stereocenters. The fourth-order valence-corrected chi connectivity index (χ4v) is 2.62. The molecule has 1 aromatic carbocycles. The van der Waals surface area contributed by atoms with E-state index in [1.807, 2.05) is 25.1 Å². The molecule has 1 N–H and O–H groups in total. The van der Waals surface area contributed by atoms with Crippen LogP contribution in [-0.4, -0.2) is 30.4 Å². The quantitative estimate of drug-likeness (QED) is 0.540. The molecule has 0 radical (unpaired) electrons. The van der Waals surface area contributed by atoms with Gasteiger partial charge < -0.3 is 5.32 Å². The largest absolute Gasteiger partial charge is 0.322 e. The molecule has 0 aliphatic carbocycles. The first-order chi connectivity index (χ1) is 12.4. The number of nitro groups is 1. The van der Waals surface area contributed by atoms with Crippen molar-refractivity contribution in [2.24, 2.45) is 0 Å². The summed E-state index contributed by atoms with van der Waals surface area (Å²) in [6.45, 7) is 4.07. The minimum Gasteiger partial charge on any atom is -0.322 e. The van der Waals surface area contributed by atoms with Crippen LogP contribution >= 0.6 is 0 Å². The number of carbonyl (C=O) groups is 1. The lowest BCUT2D eigenvalue weighted by Gasteiger charge is -2.05. The Balaban J connectivity index is 1.62. The van der Waals surface area contributed by atoms with Gasteiger partial charge in [-0.15, -0.1) is 0 Å². The van der Waals surface area contributed by atoms with Crippen molar-refractivity contribution < 1.29 is 9.72 Å². The molecule has 9 heteroatoms. The zero-order valence-corrected chi connectivity index (χ0v) is 14.4. The van der Waals surface area contributed by atoms with Crippen LogP contribution in [0.15, 0.2) is 42.9 Å². The van der Waals surface area contributed by atoms with E-state index in [1.54, 1.807) is 24.0 Å². The van der Waals surface area contributed by atoms with E-state index in [1.165, 1.54) is 10.2 Å². The molecule has 134 valence electrons. The molecule has 2 heterocycles. The molecule has 0 spiro atoms. The zero-order chi connectivity index (χ0) is 18.7. The Bertz CT molecular complexity index is 959. The highest BCUT2D eigenvalue weighted by atomic mass is 16.6. The van der Waals surface area contributed by atoms with Gasteiger partial charge in [-0.2, -0.15) is 10.2 Å². The van der Waals surface area contributed by atoms with Crippen molar-refractivity contribution in [1.29, 1.82) is 0 Å². The Morgan fingerprint density at radius 1 is 1.27 bits per heavy atom. The van der Waals surface area contributed by atoms with Gasteiger partial charge in [0.1, 0.15) is 18.4 Å². The maximum Gasteiger partial charge on any atom is 0.309 e. The lowest BCUT2D eigenvalue weighted by atomic mass is 10.1. The predicted molar refractivity (Wildman–Crippen MR) is 94.8 cm³/mol. The van der Waals surface area contributed by atoms with Crippen LogP contribution in [-0.2, 0) is 17.9 Å². The summed E-state index contributed by atoms with van der Waals surface area (Å²) >= 11 is 0. The Morgan fingerprint density at radius 3 is 2.77 bits per heavy atom. The van der Waals surface area contributed by atoms with Gasteiger partial charge in [-0.05, 0) is 19.4 Å². The summed E-state index contributed by atoms with van der Waals surface area (Å²) in [6, 6.07) is 8.11. The Morgan fingerprint density at radius 2 is 2.08 bits per heavy atom. The van der Waals surface area contributed by atoms with Crippen LogP contribution in [0.25, 0.3) is 0 Å². The molecule has 3 aromatic rings. The van der Waals surface area contributed by atoms with Crippen molar-refractivity contribution in [2.45, 2.75) is 26.9 Å². The Kier molecular flexibility index (Phi) is 4.78. The molecular formula is C17H18N6O3. The fraction of sp³-hybridized carbons (Fsp3) is 0.235. The summed E-state index contributed by atoms with van der Waals surface area (Å²) in [7, 11) is 0. The van der Waals surface area contributed by atoms with Gasteiger partial charge in [-0.3, -0.25) is 24.3 Å². The predicted octanol–water partition coefficient (Wildman–Crippen LogP) is 2.29. The van der Waals surface area contributed by atoms with E-state index in [0.29, 0.717) is 17.9 Å². The zero-order valence-electron chi connectivity index (χ0n) is 14.4. The number of rotatable bonds is 6. The molecule has 9 nitrogen and oxygen atoms in total. The maximum absolute atomic E-state index is 12.1. The summed E-state index contributed by atoms with van der Waals surface area (Å²) < 4.78 is 3.03. The molecule has 0 bridgehead atoms. The number of amides is 1. The van der Waals surface area contributed by atoms with E-state index in [4.69, 9.17) is 0 Å². The highest BCUT2D eigenvalue weighted by Gasteiger charge is 2.18. The smallest absolute Gasteiger partial charge is 0.309 e. The number of carbonyl (C=O) groups excluding carboxylic acids is 1. The number of hydrogen-bond acceptors (Lipinski definition) is 5. The fourth-order valence-electron chi connectivity index (χ4n) is 2.62. The van der Waals surface area contributed by atoms with E-state index in [0.717, 1.165) is 11.8 Å². The molecule has 0 atom stereocenters. The normalized spacial score (nSPS) is 10.7. The third-order valence-corrected chi connectivity index (χ3v) is 3.91. The maximum atomic E-state index is 12.1. The molecule has 26 heavy (non-hydrogen) atoms. The second kappa shape index (κ2) is 7.18. The van der Waals surface area contributed by atoms with Gasteiger partial charge in [0.25, 0.3) is 0 Å².